The van der Waals surface area contributed by atoms with Crippen LogP contribution in [-0.2, 0) is 0 Å². The molecule has 0 atom stereocenters. The van der Waals surface area contributed by atoms with Crippen molar-refractivity contribution in [3.8, 4) is 5.75 Å². The third-order valence-corrected chi connectivity index (χ3v) is 5.79. The third kappa shape index (κ3) is 5.00. The number of amides is 1. The lowest BCUT2D eigenvalue weighted by Crippen LogP contribution is -2.30. The second kappa shape index (κ2) is 9.85. The highest BCUT2D eigenvalue weighted by Crippen LogP contribution is 2.29. The maximum Gasteiger partial charge on any atom is 0.261 e. The minimum Gasteiger partial charge on any atom is -0.497 e. The number of carbonyl (C=O) groups is 1. The SMILES string of the molecule is CCCN(CCC)CCCNC(=O)c1cc2cc3ccc(OC)cc3nc2s1. The summed E-state index contributed by atoms with van der Waals surface area (Å²) >= 11 is 1.44. The van der Waals surface area contributed by atoms with E-state index in [0.29, 0.717) is 11.4 Å². The molecule has 0 aliphatic heterocycles. The molecule has 0 aliphatic carbocycles. The van der Waals surface area contributed by atoms with Crippen molar-refractivity contribution >= 4 is 38.4 Å². The van der Waals surface area contributed by atoms with Crippen molar-refractivity contribution in [1.82, 2.24) is 15.2 Å². The molecule has 0 bridgehead atoms. The van der Waals surface area contributed by atoms with Gasteiger partial charge in [0.25, 0.3) is 5.91 Å². The van der Waals surface area contributed by atoms with Gasteiger partial charge in [0.05, 0.1) is 17.5 Å². The van der Waals surface area contributed by atoms with E-state index >= 15 is 0 Å². The van der Waals surface area contributed by atoms with Crippen molar-refractivity contribution in [2.75, 3.05) is 33.3 Å². The van der Waals surface area contributed by atoms with Crippen LogP contribution in [0.25, 0.3) is 21.1 Å². The van der Waals surface area contributed by atoms with E-state index in [2.05, 4.69) is 30.1 Å². The summed E-state index contributed by atoms with van der Waals surface area (Å²) in [6, 6.07) is 9.86. The van der Waals surface area contributed by atoms with Gasteiger partial charge in [-0.2, -0.15) is 0 Å². The standard InChI is InChI=1S/C22H29N3O2S/c1-4-10-25(11-5-2)12-6-9-23-21(26)20-14-17-13-16-7-8-18(27-3)15-19(16)24-22(17)28-20/h7-8,13-15H,4-6,9-12H2,1-3H3,(H,23,26). The van der Waals surface area contributed by atoms with E-state index in [4.69, 9.17) is 9.72 Å². The maximum absolute atomic E-state index is 12.5. The number of rotatable bonds is 10. The topological polar surface area (TPSA) is 54.5 Å². The molecule has 0 aliphatic rings. The minimum absolute atomic E-state index is 0.0119. The van der Waals surface area contributed by atoms with Crippen LogP contribution in [0.1, 0.15) is 42.8 Å². The van der Waals surface area contributed by atoms with Gasteiger partial charge >= 0.3 is 0 Å². The lowest BCUT2D eigenvalue weighted by atomic mass is 10.2. The Bertz CT molecular complexity index is 932. The third-order valence-electron chi connectivity index (χ3n) is 4.75. The summed E-state index contributed by atoms with van der Waals surface area (Å²) in [4.78, 5) is 21.3. The number of pyridine rings is 1. The van der Waals surface area contributed by atoms with Gasteiger partial charge in [-0.05, 0) is 63.2 Å². The Morgan fingerprint density at radius 2 is 1.89 bits per heavy atom. The normalized spacial score (nSPS) is 11.4. The van der Waals surface area contributed by atoms with Crippen LogP contribution in [0.4, 0.5) is 0 Å². The second-order valence-electron chi connectivity index (χ2n) is 7.00. The molecule has 28 heavy (non-hydrogen) atoms. The van der Waals surface area contributed by atoms with E-state index in [1.165, 1.54) is 24.2 Å². The van der Waals surface area contributed by atoms with E-state index in [1.807, 2.05) is 24.3 Å². The fourth-order valence-electron chi connectivity index (χ4n) is 3.40. The summed E-state index contributed by atoms with van der Waals surface area (Å²) in [7, 11) is 1.65. The quantitative estimate of drug-likeness (QED) is 0.502. The zero-order valence-electron chi connectivity index (χ0n) is 17.0. The molecule has 0 saturated carbocycles. The Kier molecular flexibility index (Phi) is 7.23. The molecular formula is C22H29N3O2S. The van der Waals surface area contributed by atoms with Gasteiger partial charge in [0.1, 0.15) is 10.6 Å². The van der Waals surface area contributed by atoms with Crippen LogP contribution in [-0.4, -0.2) is 49.1 Å². The number of ether oxygens (including phenoxy) is 1. The van der Waals surface area contributed by atoms with E-state index in [1.54, 1.807) is 7.11 Å². The van der Waals surface area contributed by atoms with Crippen molar-refractivity contribution in [1.29, 1.82) is 0 Å². The van der Waals surface area contributed by atoms with Crippen LogP contribution in [0.5, 0.6) is 5.75 Å². The Balaban J connectivity index is 1.62. The molecule has 3 aromatic rings. The number of hydrogen-bond donors (Lipinski definition) is 1. The summed E-state index contributed by atoms with van der Waals surface area (Å²) in [5, 5.41) is 5.11. The second-order valence-corrected chi connectivity index (χ2v) is 8.03. The first kappa shape index (κ1) is 20.6. The Labute approximate surface area is 170 Å². The van der Waals surface area contributed by atoms with Gasteiger partial charge < -0.3 is 15.0 Å². The average Bonchev–Trinajstić information content (AvgIpc) is 3.12. The zero-order valence-corrected chi connectivity index (χ0v) is 17.8. The maximum atomic E-state index is 12.5. The lowest BCUT2D eigenvalue weighted by Gasteiger charge is -2.20. The Morgan fingerprint density at radius 1 is 1.11 bits per heavy atom. The van der Waals surface area contributed by atoms with Gasteiger partial charge in [-0.15, -0.1) is 11.3 Å². The number of benzene rings is 1. The summed E-state index contributed by atoms with van der Waals surface area (Å²) in [5.74, 6) is 0.774. The number of methoxy groups -OCH3 is 1. The number of nitrogens with zero attached hydrogens (tertiary/aromatic N) is 2. The number of carbonyl (C=O) groups excluding carboxylic acids is 1. The van der Waals surface area contributed by atoms with E-state index in [-0.39, 0.29) is 5.91 Å². The van der Waals surface area contributed by atoms with Gasteiger partial charge in [0.15, 0.2) is 0 Å². The van der Waals surface area contributed by atoms with Crippen LogP contribution >= 0.6 is 11.3 Å². The molecule has 0 radical (unpaired) electrons. The molecule has 0 unspecified atom stereocenters. The first-order valence-electron chi connectivity index (χ1n) is 10.0. The minimum atomic E-state index is -0.0119. The van der Waals surface area contributed by atoms with Crippen molar-refractivity contribution in [2.24, 2.45) is 0 Å². The highest BCUT2D eigenvalue weighted by Gasteiger charge is 2.12. The smallest absolute Gasteiger partial charge is 0.261 e. The fraction of sp³-hybridized carbons (Fsp3) is 0.455. The fourth-order valence-corrected chi connectivity index (χ4v) is 4.34. The summed E-state index contributed by atoms with van der Waals surface area (Å²) in [6.45, 7) is 8.40. The number of thiophene rings is 1. The van der Waals surface area contributed by atoms with Crippen LogP contribution < -0.4 is 10.1 Å². The number of aromatic nitrogens is 1. The first-order chi connectivity index (χ1) is 13.6. The number of fused-ring (bicyclic) bond motifs is 2. The first-order valence-corrected chi connectivity index (χ1v) is 10.8. The monoisotopic (exact) mass is 399 g/mol. The van der Waals surface area contributed by atoms with E-state index < -0.39 is 0 Å². The van der Waals surface area contributed by atoms with Crippen molar-refractivity contribution < 1.29 is 9.53 Å². The highest BCUT2D eigenvalue weighted by molar-refractivity contribution is 7.20. The predicted molar refractivity (Wildman–Crippen MR) is 118 cm³/mol. The molecular weight excluding hydrogens is 370 g/mol. The van der Waals surface area contributed by atoms with Crippen LogP contribution in [0.3, 0.4) is 0 Å². The van der Waals surface area contributed by atoms with Crippen LogP contribution in [0.2, 0.25) is 0 Å². The largest absolute Gasteiger partial charge is 0.497 e. The molecule has 1 aromatic carbocycles. The molecule has 6 heteroatoms. The summed E-state index contributed by atoms with van der Waals surface area (Å²) < 4.78 is 5.28. The number of hydrogen-bond acceptors (Lipinski definition) is 5. The van der Waals surface area contributed by atoms with Crippen molar-refractivity contribution in [3.05, 3.63) is 35.2 Å². The van der Waals surface area contributed by atoms with Crippen molar-refractivity contribution in [3.63, 3.8) is 0 Å². The molecule has 2 heterocycles. The van der Waals surface area contributed by atoms with E-state index in [0.717, 1.165) is 52.9 Å². The summed E-state index contributed by atoms with van der Waals surface area (Å²) in [6.07, 6.45) is 3.31. The Hall–Kier alpha value is -2.18. The molecule has 5 nitrogen and oxygen atoms in total. The van der Waals surface area contributed by atoms with Crippen LogP contribution in [0, 0.1) is 0 Å². The van der Waals surface area contributed by atoms with E-state index in [9.17, 15) is 4.79 Å². The van der Waals surface area contributed by atoms with Gasteiger partial charge in [0.2, 0.25) is 0 Å². The molecule has 1 amide bonds. The van der Waals surface area contributed by atoms with Crippen molar-refractivity contribution in [2.45, 2.75) is 33.1 Å². The number of nitrogens with one attached hydrogen (secondary N) is 1. The highest BCUT2D eigenvalue weighted by atomic mass is 32.1. The lowest BCUT2D eigenvalue weighted by molar-refractivity contribution is 0.0955. The van der Waals surface area contributed by atoms with Crippen LogP contribution in [0.15, 0.2) is 30.3 Å². The molecule has 3 rings (SSSR count). The van der Waals surface area contributed by atoms with Gasteiger partial charge in [-0.3, -0.25) is 4.79 Å². The molecule has 0 saturated heterocycles. The molecule has 1 N–H and O–H groups in total. The van der Waals surface area contributed by atoms with Gasteiger partial charge in [0, 0.05) is 23.4 Å². The van der Waals surface area contributed by atoms with Gasteiger partial charge in [-0.25, -0.2) is 4.98 Å². The predicted octanol–water partition coefficient (Wildman–Crippen LogP) is 4.70. The molecule has 0 spiro atoms. The molecule has 2 aromatic heterocycles. The van der Waals surface area contributed by atoms with Gasteiger partial charge in [-0.1, -0.05) is 13.8 Å². The molecule has 0 fully saturated rings. The Morgan fingerprint density at radius 3 is 2.61 bits per heavy atom. The molecule has 150 valence electrons. The average molecular weight is 400 g/mol. The summed E-state index contributed by atoms with van der Waals surface area (Å²) in [5.41, 5.74) is 0.882. The zero-order chi connectivity index (χ0) is 19.9.